The molecule has 3 saturated heterocycles. The number of piperidine rings is 1. The molecule has 0 unspecified atom stereocenters. The van der Waals surface area contributed by atoms with E-state index < -0.39 is 0 Å². The van der Waals surface area contributed by atoms with Crippen LogP contribution in [-0.4, -0.2) is 98.6 Å². The van der Waals surface area contributed by atoms with Crippen LogP contribution < -0.4 is 25.3 Å². The van der Waals surface area contributed by atoms with Gasteiger partial charge in [-0.1, -0.05) is 32.0 Å². The van der Waals surface area contributed by atoms with Crippen molar-refractivity contribution in [2.24, 2.45) is 11.8 Å². The first kappa shape index (κ1) is 26.9. The third-order valence-electron chi connectivity index (χ3n) is 7.66. The van der Waals surface area contributed by atoms with Crippen molar-refractivity contribution in [2.45, 2.75) is 20.3 Å². The maximum atomic E-state index is 5.63. The van der Waals surface area contributed by atoms with Crippen LogP contribution in [0.1, 0.15) is 20.3 Å². The first-order valence-electron chi connectivity index (χ1n) is 14.1. The summed E-state index contributed by atoms with van der Waals surface area (Å²) in [5.41, 5.74) is 1.28. The molecule has 0 saturated carbocycles. The Hall–Kier alpha value is -2.69. The van der Waals surface area contributed by atoms with Gasteiger partial charge < -0.3 is 30.1 Å². The molecule has 206 valence electrons. The summed E-state index contributed by atoms with van der Waals surface area (Å²) < 4.78 is 5.44. The Bertz CT molecular complexity index is 1030. The molecular weight excluding hydrogens is 496 g/mol. The number of hydrogen-bond donors (Lipinski definition) is 2. The number of nitrogens with zero attached hydrogens (tertiary/aromatic N) is 6. The molecule has 38 heavy (non-hydrogen) atoms. The van der Waals surface area contributed by atoms with Crippen molar-refractivity contribution in [3.05, 3.63) is 36.4 Å². The lowest BCUT2D eigenvalue weighted by molar-refractivity contribution is 0.0389. The smallest absolute Gasteiger partial charge is 0.232 e. The van der Waals surface area contributed by atoms with Gasteiger partial charge in [0.2, 0.25) is 5.95 Å². The average molecular weight is 539 g/mol. The number of morpholine rings is 1. The Morgan fingerprint density at radius 2 is 1.53 bits per heavy atom. The van der Waals surface area contributed by atoms with Crippen LogP contribution in [0, 0.1) is 11.8 Å². The van der Waals surface area contributed by atoms with E-state index in [0.29, 0.717) is 22.9 Å². The molecule has 0 bridgehead atoms. The van der Waals surface area contributed by atoms with Gasteiger partial charge >= 0.3 is 0 Å². The van der Waals surface area contributed by atoms with Crippen molar-refractivity contribution in [3.63, 3.8) is 0 Å². The highest BCUT2D eigenvalue weighted by Crippen LogP contribution is 2.29. The van der Waals surface area contributed by atoms with Gasteiger partial charge in [-0.3, -0.25) is 4.90 Å². The van der Waals surface area contributed by atoms with Crippen LogP contribution in [0.4, 0.5) is 23.3 Å². The zero-order valence-electron chi connectivity index (χ0n) is 22.8. The van der Waals surface area contributed by atoms with E-state index >= 15 is 0 Å². The summed E-state index contributed by atoms with van der Waals surface area (Å²) in [6, 6.07) is 12.8. The fourth-order valence-electron chi connectivity index (χ4n) is 5.78. The summed E-state index contributed by atoms with van der Waals surface area (Å²) >= 11 is 5.63. The van der Waals surface area contributed by atoms with E-state index in [1.807, 2.05) is 0 Å². The highest BCUT2D eigenvalue weighted by molar-refractivity contribution is 7.80. The number of ether oxygens (including phenoxy) is 1. The van der Waals surface area contributed by atoms with E-state index in [9.17, 15) is 0 Å². The molecule has 3 aliphatic rings. The van der Waals surface area contributed by atoms with Gasteiger partial charge in [-0.25, -0.2) is 0 Å². The summed E-state index contributed by atoms with van der Waals surface area (Å²) in [6.45, 7) is 15.7. The zero-order valence-corrected chi connectivity index (χ0v) is 23.6. The Labute approximate surface area is 232 Å². The van der Waals surface area contributed by atoms with Crippen molar-refractivity contribution >= 4 is 40.6 Å². The lowest BCUT2D eigenvalue weighted by Gasteiger charge is -2.38. The molecule has 5 rings (SSSR count). The molecule has 0 spiro atoms. The van der Waals surface area contributed by atoms with Gasteiger partial charge in [0.1, 0.15) is 11.6 Å². The summed E-state index contributed by atoms with van der Waals surface area (Å²) in [6.07, 6.45) is 1.26. The summed E-state index contributed by atoms with van der Waals surface area (Å²) in [5, 5.41) is 7.19. The van der Waals surface area contributed by atoms with Crippen LogP contribution >= 0.6 is 12.2 Å². The normalized spacial score (nSPS) is 22.8. The topological polar surface area (TPSA) is 72.0 Å². The molecule has 0 amide bonds. The molecule has 2 atom stereocenters. The number of piperazine rings is 1. The molecule has 1 aromatic heterocycles. The molecule has 2 N–H and O–H groups in total. The predicted molar refractivity (Wildman–Crippen MR) is 160 cm³/mol. The van der Waals surface area contributed by atoms with E-state index in [1.54, 1.807) is 0 Å². The number of aromatic nitrogens is 2. The number of para-hydroxylation sites is 1. The molecule has 9 nitrogen and oxygen atoms in total. The van der Waals surface area contributed by atoms with E-state index in [0.717, 1.165) is 90.3 Å². The Kier molecular flexibility index (Phi) is 9.14. The third kappa shape index (κ3) is 7.24. The van der Waals surface area contributed by atoms with Crippen LogP contribution in [0.25, 0.3) is 0 Å². The Balaban J connectivity index is 1.26. The van der Waals surface area contributed by atoms with E-state index in [4.69, 9.17) is 26.9 Å². The molecular formula is C28H42N8OS. The molecule has 1 aromatic carbocycles. The third-order valence-corrected chi connectivity index (χ3v) is 7.91. The van der Waals surface area contributed by atoms with Crippen molar-refractivity contribution in [3.8, 4) is 0 Å². The van der Waals surface area contributed by atoms with Crippen molar-refractivity contribution < 1.29 is 4.74 Å². The minimum absolute atomic E-state index is 0.565. The highest BCUT2D eigenvalue weighted by atomic mass is 32.1. The Morgan fingerprint density at radius 3 is 2.21 bits per heavy atom. The van der Waals surface area contributed by atoms with Gasteiger partial charge in [-0.15, -0.1) is 0 Å². The van der Waals surface area contributed by atoms with Crippen molar-refractivity contribution in [1.82, 2.24) is 20.2 Å². The molecule has 4 heterocycles. The number of rotatable bonds is 7. The van der Waals surface area contributed by atoms with E-state index in [2.05, 4.69) is 80.5 Å². The average Bonchev–Trinajstić information content (AvgIpc) is 2.93. The second-order valence-electron chi connectivity index (χ2n) is 10.9. The van der Waals surface area contributed by atoms with Crippen LogP contribution in [0.5, 0.6) is 0 Å². The number of nitrogens with one attached hydrogen (secondary N) is 2. The molecule has 3 aliphatic heterocycles. The Morgan fingerprint density at radius 1 is 0.895 bits per heavy atom. The van der Waals surface area contributed by atoms with E-state index in [1.165, 1.54) is 12.1 Å². The summed E-state index contributed by atoms with van der Waals surface area (Å²) in [5.74, 6) is 3.80. The van der Waals surface area contributed by atoms with E-state index in [-0.39, 0.29) is 0 Å². The number of benzene rings is 1. The molecule has 2 aromatic rings. The molecule has 0 radical (unpaired) electrons. The fourth-order valence-corrected chi connectivity index (χ4v) is 5.98. The minimum Gasteiger partial charge on any atom is -0.379 e. The van der Waals surface area contributed by atoms with Gasteiger partial charge in [-0.05, 0) is 42.6 Å². The maximum absolute atomic E-state index is 5.63. The van der Waals surface area contributed by atoms with Crippen LogP contribution in [0.15, 0.2) is 36.4 Å². The van der Waals surface area contributed by atoms with Crippen LogP contribution in [0.2, 0.25) is 0 Å². The van der Waals surface area contributed by atoms with Gasteiger partial charge in [0, 0.05) is 77.2 Å². The second kappa shape index (κ2) is 12.9. The molecule has 0 aliphatic carbocycles. The number of hydrogen-bond acceptors (Lipinski definition) is 8. The second-order valence-corrected chi connectivity index (χ2v) is 11.3. The SMILES string of the molecule is C[C@H]1C[C@H](C)CN(c2cc(N3CCN(c4ccccc4)CC3)nc(NC(=S)NCCN3CCOCC3)n2)C1. The largest absolute Gasteiger partial charge is 0.379 e. The quantitative estimate of drug-likeness (QED) is 0.514. The lowest BCUT2D eigenvalue weighted by Crippen LogP contribution is -2.47. The van der Waals surface area contributed by atoms with Crippen molar-refractivity contribution in [2.75, 3.05) is 98.7 Å². The number of thiocarbonyl (C=S) groups is 1. The number of anilines is 4. The molecule has 10 heteroatoms. The highest BCUT2D eigenvalue weighted by Gasteiger charge is 2.26. The van der Waals surface area contributed by atoms with Crippen LogP contribution in [0.3, 0.4) is 0 Å². The summed E-state index contributed by atoms with van der Waals surface area (Å²) in [7, 11) is 0. The van der Waals surface area contributed by atoms with Gasteiger partial charge in [0.15, 0.2) is 5.11 Å². The van der Waals surface area contributed by atoms with Gasteiger partial charge in [0.05, 0.1) is 13.2 Å². The van der Waals surface area contributed by atoms with Crippen molar-refractivity contribution in [1.29, 1.82) is 0 Å². The fraction of sp³-hybridized carbons (Fsp3) is 0.607. The first-order valence-corrected chi connectivity index (χ1v) is 14.5. The standard InChI is InChI=1S/C28H42N8OS/c1-22-18-23(2)21-36(20-22)26-19-25(35-12-10-34(11-13-35)24-6-4-3-5-7-24)30-27(31-26)32-28(38)29-8-9-33-14-16-37-17-15-33/h3-7,19,22-23H,8-18,20-21H2,1-2H3,(H2,29,30,31,32,38)/t22-,23-/m0/s1. The van der Waals surface area contributed by atoms with Gasteiger partial charge in [0.25, 0.3) is 0 Å². The summed E-state index contributed by atoms with van der Waals surface area (Å²) in [4.78, 5) is 19.5. The zero-order chi connectivity index (χ0) is 26.3. The minimum atomic E-state index is 0.565. The monoisotopic (exact) mass is 538 g/mol. The first-order chi connectivity index (χ1) is 18.5. The molecule has 3 fully saturated rings. The van der Waals surface area contributed by atoms with Crippen LogP contribution in [-0.2, 0) is 4.74 Å². The predicted octanol–water partition coefficient (Wildman–Crippen LogP) is 2.90. The lowest BCUT2D eigenvalue weighted by atomic mass is 9.92. The maximum Gasteiger partial charge on any atom is 0.232 e. The van der Waals surface area contributed by atoms with Gasteiger partial charge in [-0.2, -0.15) is 9.97 Å².